The number of rotatable bonds is 6. The molecule has 0 bridgehead atoms. The van der Waals surface area contributed by atoms with E-state index in [9.17, 15) is 4.79 Å². The maximum Gasteiger partial charge on any atom is 0.256 e. The standard InChI is InChI=1S/C22H33NO3/c1-4-25-22(13-7-8-16(2)15-22)21(24)23-18-11-12-20(17(3)14-18)26-19-9-5-6-10-19/h11-12,14,16,19H,4-10,13,15H2,1-3H3,(H,23,24)/t16-,22+/m0/s1. The average Bonchev–Trinajstić information content (AvgIpc) is 3.11. The third kappa shape index (κ3) is 4.40. The van der Waals surface area contributed by atoms with Gasteiger partial charge in [0.1, 0.15) is 11.4 Å². The van der Waals surface area contributed by atoms with Crippen LogP contribution in [-0.2, 0) is 9.53 Å². The van der Waals surface area contributed by atoms with Crippen LogP contribution in [0, 0.1) is 12.8 Å². The minimum Gasteiger partial charge on any atom is -0.490 e. The lowest BCUT2D eigenvalue weighted by Crippen LogP contribution is -2.48. The molecular weight excluding hydrogens is 326 g/mol. The smallest absolute Gasteiger partial charge is 0.256 e. The van der Waals surface area contributed by atoms with Gasteiger partial charge < -0.3 is 14.8 Å². The highest BCUT2D eigenvalue weighted by atomic mass is 16.5. The quantitative estimate of drug-likeness (QED) is 0.755. The number of hydrogen-bond acceptors (Lipinski definition) is 3. The number of aryl methyl sites for hydroxylation is 1. The van der Waals surface area contributed by atoms with Crippen LogP contribution in [0.15, 0.2) is 18.2 Å². The summed E-state index contributed by atoms with van der Waals surface area (Å²) in [6.45, 7) is 6.78. The van der Waals surface area contributed by atoms with Crippen LogP contribution in [0.4, 0.5) is 5.69 Å². The molecule has 4 heteroatoms. The van der Waals surface area contributed by atoms with Gasteiger partial charge in [0.15, 0.2) is 0 Å². The molecule has 0 spiro atoms. The lowest BCUT2D eigenvalue weighted by Gasteiger charge is -2.38. The van der Waals surface area contributed by atoms with Crippen LogP contribution < -0.4 is 10.1 Å². The van der Waals surface area contributed by atoms with Crippen LogP contribution in [0.25, 0.3) is 0 Å². The molecule has 1 amide bonds. The molecule has 144 valence electrons. The maximum atomic E-state index is 13.0. The van der Waals surface area contributed by atoms with Gasteiger partial charge in [-0.05, 0) is 88.5 Å². The molecule has 1 aromatic rings. The highest BCUT2D eigenvalue weighted by Crippen LogP contribution is 2.36. The zero-order valence-electron chi connectivity index (χ0n) is 16.5. The third-order valence-electron chi connectivity index (χ3n) is 5.82. The largest absolute Gasteiger partial charge is 0.490 e. The number of carbonyl (C=O) groups is 1. The Kier molecular flexibility index (Phi) is 6.23. The topological polar surface area (TPSA) is 47.6 Å². The molecule has 0 radical (unpaired) electrons. The highest BCUT2D eigenvalue weighted by Gasteiger charge is 2.42. The molecule has 2 fully saturated rings. The Morgan fingerprint density at radius 1 is 1.23 bits per heavy atom. The molecule has 0 saturated heterocycles. The summed E-state index contributed by atoms with van der Waals surface area (Å²) in [5, 5.41) is 3.10. The van der Waals surface area contributed by atoms with Gasteiger partial charge in [0, 0.05) is 12.3 Å². The molecule has 0 unspecified atom stereocenters. The Labute approximate surface area is 157 Å². The Hall–Kier alpha value is -1.55. The normalized spacial score (nSPS) is 26.7. The van der Waals surface area contributed by atoms with Crippen LogP contribution in [0.1, 0.15) is 70.8 Å². The summed E-state index contributed by atoms with van der Waals surface area (Å²) in [6, 6.07) is 5.94. The van der Waals surface area contributed by atoms with Crippen molar-refractivity contribution < 1.29 is 14.3 Å². The van der Waals surface area contributed by atoms with Crippen molar-refractivity contribution in [3.63, 3.8) is 0 Å². The molecule has 3 rings (SSSR count). The van der Waals surface area contributed by atoms with Crippen molar-refractivity contribution >= 4 is 11.6 Å². The first-order valence-electron chi connectivity index (χ1n) is 10.2. The van der Waals surface area contributed by atoms with Gasteiger partial charge in [0.25, 0.3) is 5.91 Å². The number of ether oxygens (including phenoxy) is 2. The Balaban J connectivity index is 1.68. The van der Waals surface area contributed by atoms with Crippen LogP contribution >= 0.6 is 0 Å². The highest BCUT2D eigenvalue weighted by molar-refractivity contribution is 5.97. The molecule has 2 aliphatic rings. The van der Waals surface area contributed by atoms with Crippen LogP contribution in [0.5, 0.6) is 5.75 Å². The molecule has 0 aliphatic heterocycles. The molecule has 26 heavy (non-hydrogen) atoms. The monoisotopic (exact) mass is 359 g/mol. The van der Waals surface area contributed by atoms with Crippen molar-refractivity contribution in [2.75, 3.05) is 11.9 Å². The van der Waals surface area contributed by atoms with Gasteiger partial charge in [0.05, 0.1) is 6.10 Å². The summed E-state index contributed by atoms with van der Waals surface area (Å²) in [5.74, 6) is 1.44. The van der Waals surface area contributed by atoms with Gasteiger partial charge in [-0.15, -0.1) is 0 Å². The summed E-state index contributed by atoms with van der Waals surface area (Å²) < 4.78 is 12.1. The fourth-order valence-corrected chi connectivity index (χ4v) is 4.47. The SMILES string of the molecule is CCO[C@]1(C(=O)Nc2ccc(OC3CCCC3)c(C)c2)CCC[C@H](C)C1. The van der Waals surface area contributed by atoms with E-state index in [1.165, 1.54) is 19.3 Å². The first-order valence-corrected chi connectivity index (χ1v) is 10.2. The fraction of sp³-hybridized carbons (Fsp3) is 0.682. The molecule has 0 aromatic heterocycles. The van der Waals surface area contributed by atoms with E-state index in [0.717, 1.165) is 49.1 Å². The summed E-state index contributed by atoms with van der Waals surface area (Å²) in [4.78, 5) is 13.0. The van der Waals surface area contributed by atoms with E-state index in [2.05, 4.69) is 12.2 Å². The molecule has 1 aromatic carbocycles. The minimum atomic E-state index is -0.681. The van der Waals surface area contributed by atoms with E-state index >= 15 is 0 Å². The van der Waals surface area contributed by atoms with Gasteiger partial charge in [-0.1, -0.05) is 13.3 Å². The van der Waals surface area contributed by atoms with Gasteiger partial charge >= 0.3 is 0 Å². The Morgan fingerprint density at radius 2 is 2.00 bits per heavy atom. The number of amides is 1. The molecule has 1 N–H and O–H groups in total. The molecular formula is C22H33NO3. The Morgan fingerprint density at radius 3 is 2.65 bits per heavy atom. The van der Waals surface area contributed by atoms with Crippen molar-refractivity contribution in [3.8, 4) is 5.75 Å². The van der Waals surface area contributed by atoms with Gasteiger partial charge in [-0.3, -0.25) is 4.79 Å². The predicted molar refractivity (Wildman–Crippen MR) is 105 cm³/mol. The van der Waals surface area contributed by atoms with Gasteiger partial charge in [-0.25, -0.2) is 0 Å². The summed E-state index contributed by atoms with van der Waals surface area (Å²) in [7, 11) is 0. The molecule has 2 atom stereocenters. The lowest BCUT2D eigenvalue weighted by molar-refractivity contribution is -0.147. The van der Waals surface area contributed by atoms with Crippen molar-refractivity contribution in [1.82, 2.24) is 0 Å². The number of carbonyl (C=O) groups excluding carboxylic acids is 1. The molecule has 2 aliphatic carbocycles. The number of benzene rings is 1. The van der Waals surface area contributed by atoms with E-state index in [4.69, 9.17) is 9.47 Å². The van der Waals surface area contributed by atoms with Crippen LogP contribution in [-0.4, -0.2) is 24.2 Å². The second-order valence-electron chi connectivity index (χ2n) is 8.09. The van der Waals surface area contributed by atoms with E-state index in [0.29, 0.717) is 18.6 Å². The number of anilines is 1. The molecule has 2 saturated carbocycles. The van der Waals surface area contributed by atoms with Crippen molar-refractivity contribution in [2.24, 2.45) is 5.92 Å². The first-order chi connectivity index (χ1) is 12.5. The van der Waals surface area contributed by atoms with E-state index in [-0.39, 0.29) is 5.91 Å². The summed E-state index contributed by atoms with van der Waals surface area (Å²) >= 11 is 0. The Bertz CT molecular complexity index is 620. The van der Waals surface area contributed by atoms with E-state index < -0.39 is 5.60 Å². The van der Waals surface area contributed by atoms with Crippen molar-refractivity contribution in [3.05, 3.63) is 23.8 Å². The predicted octanol–water partition coefficient (Wildman–Crippen LogP) is 5.24. The van der Waals surface area contributed by atoms with Gasteiger partial charge in [0.2, 0.25) is 0 Å². The first kappa shape index (κ1) is 19.2. The van der Waals surface area contributed by atoms with Crippen molar-refractivity contribution in [1.29, 1.82) is 0 Å². The zero-order chi connectivity index (χ0) is 18.6. The second kappa shape index (κ2) is 8.43. The molecule has 0 heterocycles. The van der Waals surface area contributed by atoms with Gasteiger partial charge in [-0.2, -0.15) is 0 Å². The van der Waals surface area contributed by atoms with Crippen molar-refractivity contribution in [2.45, 2.75) is 83.8 Å². The summed E-state index contributed by atoms with van der Waals surface area (Å²) in [5.41, 5.74) is 1.21. The number of hydrogen-bond donors (Lipinski definition) is 1. The average molecular weight is 360 g/mol. The van der Waals surface area contributed by atoms with Crippen LogP contribution in [0.3, 0.4) is 0 Å². The zero-order valence-corrected chi connectivity index (χ0v) is 16.5. The van der Waals surface area contributed by atoms with Crippen LogP contribution in [0.2, 0.25) is 0 Å². The third-order valence-corrected chi connectivity index (χ3v) is 5.82. The fourth-order valence-electron chi connectivity index (χ4n) is 4.47. The number of nitrogens with one attached hydrogen (secondary N) is 1. The lowest BCUT2D eigenvalue weighted by atomic mass is 9.78. The van der Waals surface area contributed by atoms with E-state index in [1.54, 1.807) is 0 Å². The molecule has 4 nitrogen and oxygen atoms in total. The summed E-state index contributed by atoms with van der Waals surface area (Å²) in [6.07, 6.45) is 8.98. The second-order valence-corrected chi connectivity index (χ2v) is 8.09. The minimum absolute atomic E-state index is 0.00485. The maximum absolute atomic E-state index is 13.0. The van der Waals surface area contributed by atoms with E-state index in [1.807, 2.05) is 32.0 Å².